The van der Waals surface area contributed by atoms with Gasteiger partial charge in [0, 0.05) is 39.8 Å². The molecule has 19 heteroatoms. The Bertz CT molecular complexity index is 2960. The van der Waals surface area contributed by atoms with Crippen LogP contribution in [0.15, 0.2) is 184 Å². The minimum atomic E-state index is -1.39. The zero-order valence-corrected chi connectivity index (χ0v) is 42.7. The van der Waals surface area contributed by atoms with Crippen molar-refractivity contribution in [2.24, 2.45) is 12.2 Å². The topological polar surface area (TPSA) is 179 Å². The molecule has 0 unspecified atom stereocenters. The van der Waals surface area contributed by atoms with E-state index in [0.29, 0.717) is 20.8 Å². The molecule has 9 rings (SSSR count). The first kappa shape index (κ1) is 49.8. The van der Waals surface area contributed by atoms with E-state index in [1.165, 1.54) is 45.0 Å². The number of carbonyl (C=O) groups excluding carboxylic acids is 4. The van der Waals surface area contributed by atoms with Gasteiger partial charge in [-0.1, -0.05) is 169 Å². The van der Waals surface area contributed by atoms with Crippen LogP contribution < -0.4 is 10.6 Å². The summed E-state index contributed by atoms with van der Waals surface area (Å²) in [5.74, 6) is -1.67. The van der Waals surface area contributed by atoms with Crippen molar-refractivity contribution in [3.63, 3.8) is 0 Å². The summed E-state index contributed by atoms with van der Waals surface area (Å²) >= 11 is 5.32. The molecule has 2 aliphatic heterocycles. The maximum atomic E-state index is 15.0. The summed E-state index contributed by atoms with van der Waals surface area (Å²) in [4.78, 5) is 72.1. The highest BCUT2D eigenvalue weighted by molar-refractivity contribution is 8.18. The van der Waals surface area contributed by atoms with Gasteiger partial charge in [-0.05, 0) is 31.9 Å². The Morgan fingerprint density at radius 3 is 1.89 bits per heavy atom. The molecule has 1 saturated heterocycles. The lowest BCUT2D eigenvalue weighted by Crippen LogP contribution is -2.71. The molecule has 0 spiro atoms. The van der Waals surface area contributed by atoms with Gasteiger partial charge in [-0.15, -0.1) is 40.0 Å². The molecule has 0 saturated carbocycles. The second-order valence-corrected chi connectivity index (χ2v) is 21.7. The summed E-state index contributed by atoms with van der Waals surface area (Å²) in [6.07, 6.45) is 0.141. The summed E-state index contributed by atoms with van der Waals surface area (Å²) in [7, 11) is 1.74. The fraction of sp³-hybridized carbons (Fsp3) is 0.208. The molecule has 2 atom stereocenters. The molecule has 2 aliphatic rings. The van der Waals surface area contributed by atoms with Gasteiger partial charge in [0.1, 0.15) is 33.4 Å². The lowest BCUT2D eigenvalue weighted by Gasteiger charge is -2.49. The number of fused-ring (bicyclic) bond motifs is 1. The molecule has 4 heterocycles. The van der Waals surface area contributed by atoms with E-state index in [-0.39, 0.29) is 22.2 Å². The van der Waals surface area contributed by atoms with Crippen molar-refractivity contribution in [1.82, 2.24) is 30.2 Å². The van der Waals surface area contributed by atoms with E-state index in [2.05, 4.69) is 31.0 Å². The van der Waals surface area contributed by atoms with Gasteiger partial charge in [0.15, 0.2) is 16.9 Å². The second kappa shape index (κ2) is 22.1. The number of esters is 1. The van der Waals surface area contributed by atoms with Crippen LogP contribution in [0.4, 0.5) is 9.93 Å². The molecule has 0 bridgehead atoms. The number of thiazole rings is 1. The van der Waals surface area contributed by atoms with Crippen LogP contribution in [0.1, 0.15) is 60.4 Å². The number of hydrogen-bond donors (Lipinski definition) is 2. The third-order valence-electron chi connectivity index (χ3n) is 11.2. The third-order valence-corrected chi connectivity index (χ3v) is 15.6. The van der Waals surface area contributed by atoms with Gasteiger partial charge in [0.2, 0.25) is 5.60 Å². The lowest BCUT2D eigenvalue weighted by atomic mass is 9.80. The summed E-state index contributed by atoms with van der Waals surface area (Å²) in [5.41, 5.74) is 1.38. The van der Waals surface area contributed by atoms with Crippen LogP contribution in [0, 0.1) is 0 Å². The first-order valence-corrected chi connectivity index (χ1v) is 26.6. The molecular weight excluding hydrogens is 989 g/mol. The lowest BCUT2D eigenvalue weighted by molar-refractivity contribution is -0.154. The van der Waals surface area contributed by atoms with Gasteiger partial charge in [0.05, 0.1) is 11.3 Å². The van der Waals surface area contributed by atoms with Gasteiger partial charge in [-0.25, -0.2) is 14.6 Å². The van der Waals surface area contributed by atoms with E-state index in [4.69, 9.17) is 14.3 Å². The van der Waals surface area contributed by atoms with E-state index >= 15 is 0 Å². The van der Waals surface area contributed by atoms with Gasteiger partial charge >= 0.3 is 12.1 Å². The number of thioether (sulfide) groups is 3. The van der Waals surface area contributed by atoms with Crippen LogP contribution in [-0.4, -0.2) is 82.3 Å². The number of aryl methyl sites for hydroxylation is 1. The first-order valence-electron chi connectivity index (χ1n) is 22.7. The Morgan fingerprint density at radius 2 is 1.36 bits per heavy atom. The molecule has 366 valence electrons. The van der Waals surface area contributed by atoms with E-state index in [9.17, 15) is 19.2 Å². The SMILES string of the molecule is Cn1ncc(SCSC2=C(C(=O)OC(c3ccccc3)c3ccccc3)N3C(=O)[C@@H](NC(=O)/C(=N\OC(c4ccccc4)(c4ccccc4)c4ccccc4)c4csc(NC(=O)OC(C)(C)C)n4)[C@@H]3SC2)n1. The molecule has 0 aliphatic carbocycles. The normalized spacial score (nSPS) is 15.9. The Balaban J connectivity index is 1.05. The fourth-order valence-electron chi connectivity index (χ4n) is 8.03. The van der Waals surface area contributed by atoms with Crippen molar-refractivity contribution in [3.8, 4) is 0 Å². The van der Waals surface area contributed by atoms with Crippen LogP contribution in [0.5, 0.6) is 0 Å². The minimum Gasteiger partial charge on any atom is -0.448 e. The number of aromatic nitrogens is 4. The first-order chi connectivity index (χ1) is 34.9. The van der Waals surface area contributed by atoms with Gasteiger partial charge in [-0.3, -0.25) is 19.8 Å². The zero-order valence-electron chi connectivity index (χ0n) is 39.4. The largest absolute Gasteiger partial charge is 0.448 e. The van der Waals surface area contributed by atoms with Crippen molar-refractivity contribution in [3.05, 3.63) is 207 Å². The number of oxime groups is 1. The number of rotatable bonds is 17. The highest BCUT2D eigenvalue weighted by atomic mass is 32.2. The summed E-state index contributed by atoms with van der Waals surface area (Å²) in [6, 6.07) is 46.3. The van der Waals surface area contributed by atoms with Crippen LogP contribution in [0.25, 0.3) is 0 Å². The van der Waals surface area contributed by atoms with E-state index in [0.717, 1.165) is 39.2 Å². The number of β-lactam (4-membered cyclic amide) rings is 1. The zero-order chi connectivity index (χ0) is 50.2. The van der Waals surface area contributed by atoms with E-state index in [1.54, 1.807) is 39.4 Å². The number of nitrogens with one attached hydrogen (secondary N) is 2. The molecule has 72 heavy (non-hydrogen) atoms. The van der Waals surface area contributed by atoms with Gasteiger partial charge in [0.25, 0.3) is 11.8 Å². The number of nitrogens with zero attached hydrogens (tertiary/aromatic N) is 6. The number of anilines is 1. The Morgan fingerprint density at radius 1 is 0.806 bits per heavy atom. The number of ether oxygens (including phenoxy) is 2. The molecule has 2 N–H and O–H groups in total. The van der Waals surface area contributed by atoms with Gasteiger partial charge in [-0.2, -0.15) is 9.90 Å². The molecule has 3 amide bonds. The van der Waals surface area contributed by atoms with Crippen LogP contribution in [-0.2, 0) is 41.3 Å². The molecule has 2 aromatic heterocycles. The summed E-state index contributed by atoms with van der Waals surface area (Å²) in [6.45, 7) is 5.23. The highest BCUT2D eigenvalue weighted by Gasteiger charge is 2.55. The second-order valence-electron chi connectivity index (χ2n) is 17.3. The molecular formula is C53H48N8O7S4. The molecule has 15 nitrogen and oxygen atoms in total. The predicted octanol–water partition coefficient (Wildman–Crippen LogP) is 9.76. The van der Waals surface area contributed by atoms with E-state index < -0.39 is 52.6 Å². The average molecular weight is 1040 g/mol. The molecule has 7 aromatic rings. The van der Waals surface area contributed by atoms with E-state index in [1.807, 2.05) is 152 Å². The predicted molar refractivity (Wildman–Crippen MR) is 281 cm³/mol. The van der Waals surface area contributed by atoms with Crippen LogP contribution in [0.2, 0.25) is 0 Å². The standard InChI is InChI=1S/C53H48N8O7S4/c1-52(2,3)67-51(65)57-50-55-39(31-70-50)42(59-68-53(36-24-14-7-15-25-36,37-26-16-8-17-27-37)38-28-18-9-19-29-38)46(62)56-43-47(63)61-44(40(32-69-48(43)61)71-33-72-41-30-54-60(4)58-41)49(64)66-45(34-20-10-5-11-21-34)35-22-12-6-13-23-35/h5-31,43,45,48H,32-33H2,1-4H3,(H,56,62)(H,55,57,65)/b59-42-/t43-,48+/m1/s1. The quantitative estimate of drug-likeness (QED) is 0.0168. The van der Waals surface area contributed by atoms with Crippen molar-refractivity contribution in [2.45, 2.75) is 54.5 Å². The summed E-state index contributed by atoms with van der Waals surface area (Å²) < 4.78 is 11.9. The molecule has 1 fully saturated rings. The van der Waals surface area contributed by atoms with Crippen molar-refractivity contribution < 1.29 is 33.5 Å². The third kappa shape index (κ3) is 11.1. The maximum absolute atomic E-state index is 15.0. The van der Waals surface area contributed by atoms with Crippen molar-refractivity contribution >= 4 is 81.3 Å². The highest BCUT2D eigenvalue weighted by Crippen LogP contribution is 2.46. The molecule has 5 aromatic carbocycles. The number of hydrogen-bond acceptors (Lipinski definition) is 15. The maximum Gasteiger partial charge on any atom is 0.413 e. The number of benzene rings is 5. The molecule has 0 radical (unpaired) electrons. The Labute approximate surface area is 432 Å². The fourth-order valence-corrected chi connectivity index (χ4v) is 12.3. The van der Waals surface area contributed by atoms with Crippen molar-refractivity contribution in [2.75, 3.05) is 16.2 Å². The Hall–Kier alpha value is -7.19. The van der Waals surface area contributed by atoms with Crippen molar-refractivity contribution in [1.29, 1.82) is 0 Å². The smallest absolute Gasteiger partial charge is 0.413 e. The van der Waals surface area contributed by atoms with Gasteiger partial charge < -0.3 is 19.6 Å². The number of amides is 3. The summed E-state index contributed by atoms with van der Waals surface area (Å²) in [5, 5.41) is 20.9. The number of carbonyl (C=O) groups is 4. The van der Waals surface area contributed by atoms with Crippen LogP contribution in [0.3, 0.4) is 0 Å². The minimum absolute atomic E-state index is 0.0582. The average Bonchev–Trinajstić information content (AvgIpc) is 4.04. The Kier molecular flexibility index (Phi) is 15.3. The monoisotopic (exact) mass is 1040 g/mol. The van der Waals surface area contributed by atoms with Crippen LogP contribution >= 0.6 is 46.6 Å².